The predicted molar refractivity (Wildman–Crippen MR) is 66.8 cm³/mol. The summed E-state index contributed by atoms with van der Waals surface area (Å²) in [5.74, 6) is -1.94. The summed E-state index contributed by atoms with van der Waals surface area (Å²) in [6.45, 7) is 1.82. The van der Waals surface area contributed by atoms with Crippen molar-refractivity contribution in [3.8, 4) is 0 Å². The molecule has 1 saturated carbocycles. The van der Waals surface area contributed by atoms with Gasteiger partial charge in [-0.2, -0.15) is 0 Å². The van der Waals surface area contributed by atoms with Gasteiger partial charge < -0.3 is 5.32 Å². The van der Waals surface area contributed by atoms with E-state index in [2.05, 4.69) is 10.2 Å². The van der Waals surface area contributed by atoms with E-state index in [9.17, 15) is 13.6 Å². The van der Waals surface area contributed by atoms with Gasteiger partial charge in [-0.3, -0.25) is 9.69 Å². The first-order chi connectivity index (χ1) is 9.13. The van der Waals surface area contributed by atoms with Crippen molar-refractivity contribution >= 4 is 5.91 Å². The summed E-state index contributed by atoms with van der Waals surface area (Å²) < 4.78 is 26.3. The minimum absolute atomic E-state index is 0.0672. The summed E-state index contributed by atoms with van der Waals surface area (Å²) in [6, 6.07) is 3.78. The van der Waals surface area contributed by atoms with E-state index in [1.54, 1.807) is 0 Å². The van der Waals surface area contributed by atoms with Crippen molar-refractivity contribution in [1.29, 1.82) is 0 Å². The van der Waals surface area contributed by atoms with Gasteiger partial charge in [-0.05, 0) is 31.4 Å². The second-order valence-electron chi connectivity index (χ2n) is 5.31. The zero-order chi connectivity index (χ0) is 13.4. The number of carbonyl (C=O) groups excluding carboxylic acids is 1. The number of benzene rings is 1. The molecule has 1 aliphatic carbocycles. The van der Waals surface area contributed by atoms with Gasteiger partial charge in [0.25, 0.3) is 5.91 Å². The van der Waals surface area contributed by atoms with E-state index >= 15 is 0 Å². The first kappa shape index (κ1) is 12.5. The van der Waals surface area contributed by atoms with Crippen molar-refractivity contribution in [1.82, 2.24) is 10.2 Å². The lowest BCUT2D eigenvalue weighted by molar-refractivity contribution is 0.0933. The standard InChI is InChI=1S/C14H16F2N2O/c15-9-1-4-12(13(16)7-9)14(19)17-10-5-6-18(8-10)11-2-3-11/h1,4,7,10-11H,2-3,5-6,8H2,(H,17,19)/t10-/m0/s1. The molecule has 1 aromatic rings. The molecule has 0 spiro atoms. The second-order valence-corrected chi connectivity index (χ2v) is 5.31. The van der Waals surface area contributed by atoms with Gasteiger partial charge in [0.1, 0.15) is 11.6 Å². The largest absolute Gasteiger partial charge is 0.348 e. The molecule has 1 N–H and O–H groups in total. The number of hydrogen-bond acceptors (Lipinski definition) is 2. The van der Waals surface area contributed by atoms with Crippen molar-refractivity contribution < 1.29 is 13.6 Å². The van der Waals surface area contributed by atoms with Gasteiger partial charge >= 0.3 is 0 Å². The molecule has 3 nitrogen and oxygen atoms in total. The van der Waals surface area contributed by atoms with Crippen LogP contribution in [0, 0.1) is 11.6 Å². The number of halogens is 2. The normalized spacial score (nSPS) is 23.6. The number of nitrogens with zero attached hydrogens (tertiary/aromatic N) is 1. The molecule has 0 unspecified atom stereocenters. The lowest BCUT2D eigenvalue weighted by atomic mass is 10.1. The summed E-state index contributed by atoms with van der Waals surface area (Å²) in [6.07, 6.45) is 3.38. The fraction of sp³-hybridized carbons (Fsp3) is 0.500. The summed E-state index contributed by atoms with van der Waals surface area (Å²) >= 11 is 0. The number of carbonyl (C=O) groups is 1. The third-order valence-corrected chi connectivity index (χ3v) is 3.79. The van der Waals surface area contributed by atoms with Crippen LogP contribution >= 0.6 is 0 Å². The van der Waals surface area contributed by atoms with Crippen molar-refractivity contribution in [3.63, 3.8) is 0 Å². The smallest absolute Gasteiger partial charge is 0.254 e. The van der Waals surface area contributed by atoms with Crippen LogP contribution in [0.1, 0.15) is 29.6 Å². The zero-order valence-electron chi connectivity index (χ0n) is 10.5. The molecule has 0 radical (unpaired) electrons. The molecule has 1 aliphatic heterocycles. The molecule has 1 aromatic carbocycles. The Morgan fingerprint density at radius 3 is 2.74 bits per heavy atom. The maximum Gasteiger partial charge on any atom is 0.254 e. The molecule has 2 aliphatic rings. The maximum absolute atomic E-state index is 13.5. The van der Waals surface area contributed by atoms with E-state index in [-0.39, 0.29) is 11.6 Å². The van der Waals surface area contributed by atoms with Crippen LogP contribution in [-0.2, 0) is 0 Å². The summed E-state index contributed by atoms with van der Waals surface area (Å²) in [5, 5.41) is 2.83. The van der Waals surface area contributed by atoms with Gasteiger partial charge in [0.05, 0.1) is 5.56 Å². The number of hydrogen-bond donors (Lipinski definition) is 1. The Balaban J connectivity index is 1.61. The van der Waals surface area contributed by atoms with Gasteiger partial charge in [-0.15, -0.1) is 0 Å². The Labute approximate surface area is 110 Å². The number of nitrogens with one attached hydrogen (secondary N) is 1. The number of rotatable bonds is 3. The van der Waals surface area contributed by atoms with Crippen molar-refractivity contribution in [2.45, 2.75) is 31.3 Å². The van der Waals surface area contributed by atoms with E-state index in [0.717, 1.165) is 31.6 Å². The van der Waals surface area contributed by atoms with Crippen molar-refractivity contribution in [2.24, 2.45) is 0 Å². The molecule has 2 fully saturated rings. The molecule has 102 valence electrons. The SMILES string of the molecule is O=C(N[C@H]1CCN(C2CC2)C1)c1ccc(F)cc1F. The van der Waals surface area contributed by atoms with Crippen molar-refractivity contribution in [2.75, 3.05) is 13.1 Å². The van der Waals surface area contributed by atoms with Crippen molar-refractivity contribution in [3.05, 3.63) is 35.4 Å². The van der Waals surface area contributed by atoms with Crippen LogP contribution in [0.3, 0.4) is 0 Å². The van der Waals surface area contributed by atoms with E-state index in [1.165, 1.54) is 18.9 Å². The van der Waals surface area contributed by atoms with Crippen LogP contribution in [0.4, 0.5) is 8.78 Å². The Hall–Kier alpha value is -1.49. The Morgan fingerprint density at radius 2 is 2.05 bits per heavy atom. The average molecular weight is 266 g/mol. The van der Waals surface area contributed by atoms with Crippen LogP contribution < -0.4 is 5.32 Å². The molecule has 1 atom stereocenters. The molecular weight excluding hydrogens is 250 g/mol. The third kappa shape index (κ3) is 2.76. The van der Waals surface area contributed by atoms with Crippen LogP contribution in [-0.4, -0.2) is 36.0 Å². The zero-order valence-corrected chi connectivity index (χ0v) is 10.5. The Morgan fingerprint density at radius 1 is 1.26 bits per heavy atom. The van der Waals surface area contributed by atoms with Crippen LogP contribution in [0.5, 0.6) is 0 Å². The quantitative estimate of drug-likeness (QED) is 0.906. The van der Waals surface area contributed by atoms with E-state index in [4.69, 9.17) is 0 Å². The highest BCUT2D eigenvalue weighted by Gasteiger charge is 2.34. The fourth-order valence-corrected chi connectivity index (χ4v) is 2.61. The summed E-state index contributed by atoms with van der Waals surface area (Å²) in [4.78, 5) is 14.3. The second kappa shape index (κ2) is 4.89. The van der Waals surface area contributed by atoms with E-state index in [0.29, 0.717) is 6.04 Å². The average Bonchev–Trinajstić information content (AvgIpc) is 3.10. The summed E-state index contributed by atoms with van der Waals surface area (Å²) in [7, 11) is 0. The molecule has 1 heterocycles. The highest BCUT2D eigenvalue weighted by Crippen LogP contribution is 2.29. The molecule has 0 aromatic heterocycles. The third-order valence-electron chi connectivity index (χ3n) is 3.79. The maximum atomic E-state index is 13.5. The number of likely N-dealkylation sites (tertiary alicyclic amines) is 1. The van der Waals surface area contributed by atoms with Gasteiger partial charge in [0.2, 0.25) is 0 Å². The van der Waals surface area contributed by atoms with Gasteiger partial charge in [-0.25, -0.2) is 8.78 Å². The highest BCUT2D eigenvalue weighted by molar-refractivity contribution is 5.94. The molecule has 1 saturated heterocycles. The van der Waals surface area contributed by atoms with E-state index in [1.807, 2.05) is 0 Å². The molecule has 0 bridgehead atoms. The monoisotopic (exact) mass is 266 g/mol. The van der Waals surface area contributed by atoms with E-state index < -0.39 is 17.5 Å². The van der Waals surface area contributed by atoms with Gasteiger partial charge in [0, 0.05) is 31.2 Å². The van der Waals surface area contributed by atoms with Crippen LogP contribution in [0.2, 0.25) is 0 Å². The summed E-state index contributed by atoms with van der Waals surface area (Å²) in [5.41, 5.74) is -0.0914. The van der Waals surface area contributed by atoms with Gasteiger partial charge in [-0.1, -0.05) is 0 Å². The van der Waals surface area contributed by atoms with Crippen LogP contribution in [0.25, 0.3) is 0 Å². The van der Waals surface area contributed by atoms with Crippen LogP contribution in [0.15, 0.2) is 18.2 Å². The lowest BCUT2D eigenvalue weighted by Crippen LogP contribution is -2.37. The Bertz CT molecular complexity index is 502. The molecule has 3 rings (SSSR count). The fourth-order valence-electron chi connectivity index (χ4n) is 2.61. The highest BCUT2D eigenvalue weighted by atomic mass is 19.1. The predicted octanol–water partition coefficient (Wildman–Crippen LogP) is 1.93. The molecule has 1 amide bonds. The first-order valence-electron chi connectivity index (χ1n) is 6.63. The number of amides is 1. The van der Waals surface area contributed by atoms with Gasteiger partial charge in [0.15, 0.2) is 0 Å². The Kier molecular flexibility index (Phi) is 3.22. The minimum Gasteiger partial charge on any atom is -0.348 e. The topological polar surface area (TPSA) is 32.3 Å². The first-order valence-corrected chi connectivity index (χ1v) is 6.63. The molecule has 5 heteroatoms. The molecule has 19 heavy (non-hydrogen) atoms. The lowest BCUT2D eigenvalue weighted by Gasteiger charge is -2.16. The molecular formula is C14H16F2N2O. The minimum atomic E-state index is -0.811.